The van der Waals surface area contributed by atoms with E-state index in [-0.39, 0.29) is 6.04 Å². The minimum atomic E-state index is -4.32. The lowest BCUT2D eigenvalue weighted by atomic mass is 9.99. The van der Waals surface area contributed by atoms with Gasteiger partial charge in [0.25, 0.3) is 0 Å². The zero-order valence-corrected chi connectivity index (χ0v) is 11.6. The lowest BCUT2D eigenvalue weighted by molar-refractivity contribution is -0.137. The molecule has 1 aromatic heterocycles. The Kier molecular flexibility index (Phi) is 4.64. The standard InChI is InChI=1S/C14H17F3N4/c1-21-9-10(8-19-21)2-7-13(20-18)11-3-5-12(6-4-11)14(15,16)17/h3-6,8-9,13,20H,2,7,18H2,1H3. The van der Waals surface area contributed by atoms with E-state index in [1.807, 2.05) is 13.2 Å². The van der Waals surface area contributed by atoms with Gasteiger partial charge in [0.05, 0.1) is 11.8 Å². The van der Waals surface area contributed by atoms with Gasteiger partial charge in [0, 0.05) is 19.3 Å². The van der Waals surface area contributed by atoms with Gasteiger partial charge in [-0.25, -0.2) is 0 Å². The summed E-state index contributed by atoms with van der Waals surface area (Å²) in [6.45, 7) is 0. The molecule has 0 spiro atoms. The van der Waals surface area contributed by atoms with Crippen molar-refractivity contribution in [3.8, 4) is 0 Å². The smallest absolute Gasteiger partial charge is 0.276 e. The third kappa shape index (κ3) is 4.05. The number of hydrogen-bond acceptors (Lipinski definition) is 3. The number of nitrogens with one attached hydrogen (secondary N) is 1. The number of hydrazine groups is 1. The monoisotopic (exact) mass is 298 g/mol. The minimum absolute atomic E-state index is 0.201. The number of rotatable bonds is 5. The van der Waals surface area contributed by atoms with E-state index in [0.717, 1.165) is 29.7 Å². The Morgan fingerprint density at radius 3 is 2.43 bits per heavy atom. The highest BCUT2D eigenvalue weighted by Crippen LogP contribution is 2.30. The molecule has 1 aromatic carbocycles. The molecule has 2 rings (SSSR count). The fourth-order valence-corrected chi connectivity index (χ4v) is 2.16. The third-order valence-corrected chi connectivity index (χ3v) is 3.32. The minimum Gasteiger partial charge on any atom is -0.276 e. The fourth-order valence-electron chi connectivity index (χ4n) is 2.16. The quantitative estimate of drug-likeness (QED) is 0.659. The molecule has 4 nitrogen and oxygen atoms in total. The maximum atomic E-state index is 12.5. The second-order valence-corrected chi connectivity index (χ2v) is 4.90. The first kappa shape index (κ1) is 15.5. The molecule has 114 valence electrons. The molecule has 0 aliphatic rings. The predicted octanol–water partition coefficient (Wildman–Crippen LogP) is 2.58. The van der Waals surface area contributed by atoms with Crippen LogP contribution in [0.15, 0.2) is 36.7 Å². The van der Waals surface area contributed by atoms with E-state index < -0.39 is 11.7 Å². The van der Waals surface area contributed by atoms with Crippen molar-refractivity contribution < 1.29 is 13.2 Å². The molecule has 0 fully saturated rings. The van der Waals surface area contributed by atoms with E-state index in [1.54, 1.807) is 10.9 Å². The van der Waals surface area contributed by atoms with Crippen LogP contribution in [0.25, 0.3) is 0 Å². The molecule has 0 saturated heterocycles. The molecule has 0 bridgehead atoms. The lowest BCUT2D eigenvalue weighted by Gasteiger charge is -2.16. The Morgan fingerprint density at radius 1 is 1.29 bits per heavy atom. The van der Waals surface area contributed by atoms with Gasteiger partial charge in [-0.15, -0.1) is 0 Å². The fraction of sp³-hybridized carbons (Fsp3) is 0.357. The van der Waals surface area contributed by atoms with Crippen LogP contribution in [0.3, 0.4) is 0 Å². The highest BCUT2D eigenvalue weighted by Gasteiger charge is 2.30. The molecular formula is C14H17F3N4. The number of hydrogen-bond donors (Lipinski definition) is 2. The number of halogens is 3. The number of benzene rings is 1. The van der Waals surface area contributed by atoms with Crippen LogP contribution in [0.2, 0.25) is 0 Å². The first-order chi connectivity index (χ1) is 9.90. The summed E-state index contributed by atoms with van der Waals surface area (Å²) in [5.74, 6) is 5.50. The first-order valence-corrected chi connectivity index (χ1v) is 6.51. The number of aromatic nitrogens is 2. The summed E-state index contributed by atoms with van der Waals surface area (Å²) in [5.41, 5.74) is 3.78. The van der Waals surface area contributed by atoms with Gasteiger partial charge in [-0.3, -0.25) is 16.0 Å². The maximum absolute atomic E-state index is 12.5. The van der Waals surface area contributed by atoms with Crippen LogP contribution in [0.4, 0.5) is 13.2 Å². The summed E-state index contributed by atoms with van der Waals surface area (Å²) in [7, 11) is 1.83. The van der Waals surface area contributed by atoms with Gasteiger partial charge in [0.2, 0.25) is 0 Å². The Balaban J connectivity index is 2.03. The topological polar surface area (TPSA) is 55.9 Å². The average Bonchev–Trinajstić information content (AvgIpc) is 2.85. The molecule has 0 aliphatic heterocycles. The lowest BCUT2D eigenvalue weighted by Crippen LogP contribution is -2.28. The second-order valence-electron chi connectivity index (χ2n) is 4.90. The summed E-state index contributed by atoms with van der Waals surface area (Å²) < 4.78 is 39.3. The van der Waals surface area contributed by atoms with Crippen molar-refractivity contribution in [2.24, 2.45) is 12.9 Å². The summed E-state index contributed by atoms with van der Waals surface area (Å²) in [5, 5.41) is 4.07. The Morgan fingerprint density at radius 2 is 1.95 bits per heavy atom. The SMILES string of the molecule is Cn1cc(CCC(NN)c2ccc(C(F)(F)F)cc2)cn1. The van der Waals surface area contributed by atoms with Crippen molar-refractivity contribution >= 4 is 0 Å². The molecule has 1 heterocycles. The molecule has 7 heteroatoms. The molecule has 0 aliphatic carbocycles. The van der Waals surface area contributed by atoms with Crippen LogP contribution < -0.4 is 11.3 Å². The van der Waals surface area contributed by atoms with E-state index in [4.69, 9.17) is 5.84 Å². The Labute approximate surface area is 120 Å². The summed E-state index contributed by atoms with van der Waals surface area (Å²) >= 11 is 0. The zero-order valence-electron chi connectivity index (χ0n) is 11.6. The van der Waals surface area contributed by atoms with E-state index in [0.29, 0.717) is 6.42 Å². The van der Waals surface area contributed by atoms with Crippen LogP contribution in [-0.2, 0) is 19.6 Å². The Hall–Kier alpha value is -1.86. The number of aryl methyl sites for hydroxylation is 2. The van der Waals surface area contributed by atoms with Crippen LogP contribution in [0.5, 0.6) is 0 Å². The van der Waals surface area contributed by atoms with Gasteiger partial charge < -0.3 is 0 Å². The molecule has 0 amide bonds. The average molecular weight is 298 g/mol. The van der Waals surface area contributed by atoms with Gasteiger partial charge in [0.1, 0.15) is 0 Å². The predicted molar refractivity (Wildman–Crippen MR) is 73.0 cm³/mol. The highest BCUT2D eigenvalue weighted by atomic mass is 19.4. The molecule has 2 aromatic rings. The number of alkyl halides is 3. The van der Waals surface area contributed by atoms with Crippen molar-refractivity contribution in [1.29, 1.82) is 0 Å². The van der Waals surface area contributed by atoms with Crippen LogP contribution in [0.1, 0.15) is 29.2 Å². The van der Waals surface area contributed by atoms with Crippen molar-refractivity contribution in [3.05, 3.63) is 53.3 Å². The molecule has 1 atom stereocenters. The van der Waals surface area contributed by atoms with Crippen molar-refractivity contribution in [3.63, 3.8) is 0 Å². The van der Waals surface area contributed by atoms with Gasteiger partial charge >= 0.3 is 6.18 Å². The number of nitrogens with two attached hydrogens (primary N) is 1. The highest BCUT2D eigenvalue weighted by molar-refractivity contribution is 5.27. The molecular weight excluding hydrogens is 281 g/mol. The van der Waals surface area contributed by atoms with Crippen molar-refractivity contribution in [2.75, 3.05) is 0 Å². The molecule has 0 saturated carbocycles. The molecule has 3 N–H and O–H groups in total. The molecule has 21 heavy (non-hydrogen) atoms. The second kappa shape index (κ2) is 6.28. The van der Waals surface area contributed by atoms with E-state index in [9.17, 15) is 13.2 Å². The van der Waals surface area contributed by atoms with E-state index in [1.165, 1.54) is 12.1 Å². The van der Waals surface area contributed by atoms with Gasteiger partial charge in [-0.05, 0) is 36.1 Å². The van der Waals surface area contributed by atoms with Crippen LogP contribution in [-0.4, -0.2) is 9.78 Å². The summed E-state index contributed by atoms with van der Waals surface area (Å²) in [4.78, 5) is 0. The normalized spacial score (nSPS) is 13.4. The van der Waals surface area contributed by atoms with Gasteiger partial charge in [-0.2, -0.15) is 18.3 Å². The largest absolute Gasteiger partial charge is 0.416 e. The number of nitrogens with zero attached hydrogens (tertiary/aromatic N) is 2. The maximum Gasteiger partial charge on any atom is 0.416 e. The van der Waals surface area contributed by atoms with Crippen LogP contribution >= 0.6 is 0 Å². The van der Waals surface area contributed by atoms with Gasteiger partial charge in [-0.1, -0.05) is 12.1 Å². The van der Waals surface area contributed by atoms with Crippen LogP contribution in [0, 0.1) is 0 Å². The Bertz CT molecular complexity index is 575. The first-order valence-electron chi connectivity index (χ1n) is 6.51. The van der Waals surface area contributed by atoms with Gasteiger partial charge in [0.15, 0.2) is 0 Å². The van der Waals surface area contributed by atoms with Crippen molar-refractivity contribution in [1.82, 2.24) is 15.2 Å². The van der Waals surface area contributed by atoms with E-state index >= 15 is 0 Å². The van der Waals surface area contributed by atoms with Crippen molar-refractivity contribution in [2.45, 2.75) is 25.1 Å². The molecule has 1 unspecified atom stereocenters. The summed E-state index contributed by atoms with van der Waals surface area (Å²) in [6, 6.07) is 4.85. The molecule has 0 radical (unpaired) electrons. The third-order valence-electron chi connectivity index (χ3n) is 3.32. The zero-order chi connectivity index (χ0) is 15.5. The van der Waals surface area contributed by atoms with E-state index in [2.05, 4.69) is 10.5 Å². The summed E-state index contributed by atoms with van der Waals surface area (Å²) in [6.07, 6.45) is 0.762.